The summed E-state index contributed by atoms with van der Waals surface area (Å²) in [5.74, 6) is 0.483. The van der Waals surface area contributed by atoms with E-state index in [9.17, 15) is 9.59 Å². The summed E-state index contributed by atoms with van der Waals surface area (Å²) in [5.41, 5.74) is 0.755. The number of amides is 3. The molecule has 3 rings (SSSR count). The standard InChI is InChI=1S/C19H23N3O3/c1-14(17-10-6-12-25-17)20-18(23)15-7-5-11-22(13-15)19(24)21-16-8-3-2-4-9-16/h2-4,6,8-10,12,14-15H,5,7,11,13H2,1H3,(H,20,23)(H,21,24)/t14-,15-/m1/s1. The minimum absolute atomic E-state index is 0.0406. The van der Waals surface area contributed by atoms with Crippen LogP contribution < -0.4 is 10.6 Å². The SMILES string of the molecule is C[C@@H](NC(=O)[C@@H]1CCCN(C(=O)Nc2ccccc2)C1)c1ccco1. The van der Waals surface area contributed by atoms with Crippen molar-refractivity contribution in [3.8, 4) is 0 Å². The number of hydrogen-bond acceptors (Lipinski definition) is 3. The van der Waals surface area contributed by atoms with E-state index >= 15 is 0 Å². The van der Waals surface area contributed by atoms with Crippen LogP contribution in [0, 0.1) is 5.92 Å². The molecule has 6 nitrogen and oxygen atoms in total. The molecule has 0 saturated carbocycles. The van der Waals surface area contributed by atoms with E-state index in [0.29, 0.717) is 13.1 Å². The molecule has 0 bridgehead atoms. The molecule has 1 aromatic carbocycles. The number of para-hydroxylation sites is 1. The number of anilines is 1. The Morgan fingerprint density at radius 2 is 2.00 bits per heavy atom. The molecule has 6 heteroatoms. The number of nitrogens with one attached hydrogen (secondary N) is 2. The van der Waals surface area contributed by atoms with Crippen molar-refractivity contribution in [2.75, 3.05) is 18.4 Å². The summed E-state index contributed by atoms with van der Waals surface area (Å²) in [7, 11) is 0. The van der Waals surface area contributed by atoms with E-state index in [4.69, 9.17) is 4.42 Å². The van der Waals surface area contributed by atoms with Gasteiger partial charge in [-0.3, -0.25) is 4.79 Å². The average molecular weight is 341 g/mol. The van der Waals surface area contributed by atoms with Gasteiger partial charge < -0.3 is 20.0 Å². The first-order valence-electron chi connectivity index (χ1n) is 8.58. The number of likely N-dealkylation sites (tertiary alicyclic amines) is 1. The second-order valence-electron chi connectivity index (χ2n) is 6.33. The zero-order valence-electron chi connectivity index (χ0n) is 14.3. The Morgan fingerprint density at radius 3 is 2.72 bits per heavy atom. The predicted molar refractivity (Wildman–Crippen MR) is 95.0 cm³/mol. The first-order chi connectivity index (χ1) is 12.1. The van der Waals surface area contributed by atoms with Gasteiger partial charge in [-0.15, -0.1) is 0 Å². The van der Waals surface area contributed by atoms with E-state index < -0.39 is 0 Å². The Kier molecular flexibility index (Phi) is 5.38. The summed E-state index contributed by atoms with van der Waals surface area (Å²) in [4.78, 5) is 26.6. The third-order valence-corrected chi connectivity index (χ3v) is 4.43. The number of piperidine rings is 1. The van der Waals surface area contributed by atoms with Gasteiger partial charge in [-0.05, 0) is 44.0 Å². The van der Waals surface area contributed by atoms with Gasteiger partial charge in [0.2, 0.25) is 5.91 Å². The first-order valence-corrected chi connectivity index (χ1v) is 8.58. The molecular formula is C19H23N3O3. The van der Waals surface area contributed by atoms with Crippen molar-refractivity contribution in [2.45, 2.75) is 25.8 Å². The highest BCUT2D eigenvalue weighted by Gasteiger charge is 2.29. The maximum Gasteiger partial charge on any atom is 0.321 e. The van der Waals surface area contributed by atoms with Crippen LogP contribution in [-0.2, 0) is 4.79 Å². The van der Waals surface area contributed by atoms with Gasteiger partial charge >= 0.3 is 6.03 Å². The molecule has 2 heterocycles. The van der Waals surface area contributed by atoms with Crippen molar-refractivity contribution in [3.63, 3.8) is 0 Å². The smallest absolute Gasteiger partial charge is 0.321 e. The Hall–Kier alpha value is -2.76. The fourth-order valence-electron chi connectivity index (χ4n) is 3.04. The minimum atomic E-state index is -0.201. The summed E-state index contributed by atoms with van der Waals surface area (Å²) in [5, 5.41) is 5.84. The van der Waals surface area contributed by atoms with Gasteiger partial charge in [0, 0.05) is 18.8 Å². The van der Waals surface area contributed by atoms with Crippen LogP contribution in [0.25, 0.3) is 0 Å². The van der Waals surface area contributed by atoms with Crippen LogP contribution in [0.1, 0.15) is 31.6 Å². The van der Waals surface area contributed by atoms with Crippen LogP contribution in [0.5, 0.6) is 0 Å². The van der Waals surface area contributed by atoms with E-state index in [1.54, 1.807) is 17.2 Å². The third-order valence-electron chi connectivity index (χ3n) is 4.43. The quantitative estimate of drug-likeness (QED) is 0.895. The lowest BCUT2D eigenvalue weighted by atomic mass is 9.97. The second kappa shape index (κ2) is 7.88. The molecule has 1 aromatic heterocycles. The zero-order chi connectivity index (χ0) is 17.6. The van der Waals surface area contributed by atoms with E-state index in [1.807, 2.05) is 43.3 Å². The fourth-order valence-corrected chi connectivity index (χ4v) is 3.04. The van der Waals surface area contributed by atoms with Crippen LogP contribution in [0.2, 0.25) is 0 Å². The van der Waals surface area contributed by atoms with Crippen LogP contribution in [0.4, 0.5) is 10.5 Å². The number of carbonyl (C=O) groups excluding carboxylic acids is 2. The Balaban J connectivity index is 1.55. The number of urea groups is 1. The number of rotatable bonds is 4. The largest absolute Gasteiger partial charge is 0.467 e. The van der Waals surface area contributed by atoms with Crippen LogP contribution in [0.3, 0.4) is 0 Å². The molecule has 2 aromatic rings. The van der Waals surface area contributed by atoms with Gasteiger partial charge in [-0.1, -0.05) is 18.2 Å². The highest BCUT2D eigenvalue weighted by atomic mass is 16.3. The zero-order valence-corrected chi connectivity index (χ0v) is 14.3. The molecule has 1 saturated heterocycles. The van der Waals surface area contributed by atoms with E-state index in [-0.39, 0.29) is 23.9 Å². The van der Waals surface area contributed by atoms with Crippen molar-refractivity contribution in [2.24, 2.45) is 5.92 Å². The average Bonchev–Trinajstić information content (AvgIpc) is 3.17. The van der Waals surface area contributed by atoms with Gasteiger partial charge in [0.05, 0.1) is 18.2 Å². The predicted octanol–water partition coefficient (Wildman–Crippen LogP) is 3.40. The van der Waals surface area contributed by atoms with Gasteiger partial charge in [-0.2, -0.15) is 0 Å². The fraction of sp³-hybridized carbons (Fsp3) is 0.368. The monoisotopic (exact) mass is 341 g/mol. The normalized spacial score (nSPS) is 18.4. The van der Waals surface area contributed by atoms with Crippen LogP contribution in [0.15, 0.2) is 53.1 Å². The summed E-state index contributed by atoms with van der Waals surface area (Å²) in [6.07, 6.45) is 3.19. The third kappa shape index (κ3) is 4.41. The lowest BCUT2D eigenvalue weighted by molar-refractivity contribution is -0.127. The lowest BCUT2D eigenvalue weighted by Crippen LogP contribution is -2.47. The molecule has 1 aliphatic rings. The van der Waals surface area contributed by atoms with Crippen molar-refractivity contribution >= 4 is 17.6 Å². The number of benzene rings is 1. The number of carbonyl (C=O) groups is 2. The highest BCUT2D eigenvalue weighted by molar-refractivity contribution is 5.90. The molecule has 3 amide bonds. The van der Waals surface area contributed by atoms with Gasteiger partial charge in [0.15, 0.2) is 0 Å². The van der Waals surface area contributed by atoms with Crippen molar-refractivity contribution < 1.29 is 14.0 Å². The summed E-state index contributed by atoms with van der Waals surface area (Å²) >= 11 is 0. The molecule has 1 fully saturated rings. The molecule has 2 atom stereocenters. The van der Waals surface area contributed by atoms with Crippen LogP contribution >= 0.6 is 0 Å². The lowest BCUT2D eigenvalue weighted by Gasteiger charge is -2.32. The van der Waals surface area contributed by atoms with Gasteiger partial charge in [0.25, 0.3) is 0 Å². The van der Waals surface area contributed by atoms with Gasteiger partial charge in [-0.25, -0.2) is 4.79 Å². The maximum absolute atomic E-state index is 12.5. The van der Waals surface area contributed by atoms with Crippen molar-refractivity contribution in [3.05, 3.63) is 54.5 Å². The summed E-state index contributed by atoms with van der Waals surface area (Å²) in [6.45, 7) is 2.98. The maximum atomic E-state index is 12.5. The topological polar surface area (TPSA) is 74.6 Å². The van der Waals surface area contributed by atoms with E-state index in [2.05, 4.69) is 10.6 Å². The Labute approximate surface area is 147 Å². The van der Waals surface area contributed by atoms with Crippen LogP contribution in [-0.4, -0.2) is 29.9 Å². The molecule has 132 valence electrons. The molecule has 1 aliphatic heterocycles. The summed E-state index contributed by atoms with van der Waals surface area (Å²) in [6, 6.07) is 12.6. The number of furan rings is 1. The highest BCUT2D eigenvalue weighted by Crippen LogP contribution is 2.20. The van der Waals surface area contributed by atoms with Crippen molar-refractivity contribution in [1.29, 1.82) is 0 Å². The molecule has 0 radical (unpaired) electrons. The first kappa shape index (κ1) is 17.1. The van der Waals surface area contributed by atoms with E-state index in [0.717, 1.165) is 24.3 Å². The minimum Gasteiger partial charge on any atom is -0.467 e. The molecule has 0 unspecified atom stereocenters. The van der Waals surface area contributed by atoms with Gasteiger partial charge in [0.1, 0.15) is 5.76 Å². The molecule has 0 spiro atoms. The number of nitrogens with zero attached hydrogens (tertiary/aromatic N) is 1. The molecule has 2 N–H and O–H groups in total. The summed E-state index contributed by atoms with van der Waals surface area (Å²) < 4.78 is 5.32. The Bertz CT molecular complexity index is 700. The van der Waals surface area contributed by atoms with E-state index in [1.165, 1.54) is 0 Å². The Morgan fingerprint density at radius 1 is 1.20 bits per heavy atom. The molecule has 0 aliphatic carbocycles. The molecular weight excluding hydrogens is 318 g/mol. The number of hydrogen-bond donors (Lipinski definition) is 2. The second-order valence-corrected chi connectivity index (χ2v) is 6.33. The van der Waals surface area contributed by atoms with Crippen molar-refractivity contribution in [1.82, 2.24) is 10.2 Å². The molecule has 25 heavy (non-hydrogen) atoms.